The van der Waals surface area contributed by atoms with Crippen molar-refractivity contribution in [1.82, 2.24) is 14.9 Å². The summed E-state index contributed by atoms with van der Waals surface area (Å²) in [6.45, 7) is 2.58. The average Bonchev–Trinajstić information content (AvgIpc) is 2.60. The van der Waals surface area contributed by atoms with Crippen molar-refractivity contribution in [2.24, 2.45) is 0 Å². The van der Waals surface area contributed by atoms with Gasteiger partial charge >= 0.3 is 6.18 Å². The number of rotatable bonds is 6. The molecule has 0 aliphatic carbocycles. The number of amides is 1. The number of carbonyl (C=O) groups excluding carboxylic acids is 1. The second kappa shape index (κ2) is 8.35. The molecule has 1 heterocycles. The summed E-state index contributed by atoms with van der Waals surface area (Å²) in [5, 5.41) is 2.55. The van der Waals surface area contributed by atoms with Crippen LogP contribution in [-0.4, -0.2) is 34.4 Å². The summed E-state index contributed by atoms with van der Waals surface area (Å²) in [4.78, 5) is 21.7. The normalized spacial score (nSPS) is 11.3. The van der Waals surface area contributed by atoms with Crippen LogP contribution >= 0.6 is 11.6 Å². The van der Waals surface area contributed by atoms with Gasteiger partial charge in [-0.2, -0.15) is 13.2 Å². The number of aromatic nitrogens is 2. The van der Waals surface area contributed by atoms with Gasteiger partial charge in [-0.15, -0.1) is 0 Å². The molecule has 0 bridgehead atoms. The molecular weight excluding hydrogens is 369 g/mol. The Hall–Kier alpha value is -2.35. The van der Waals surface area contributed by atoms with Gasteiger partial charge in [0, 0.05) is 24.7 Å². The first kappa shape index (κ1) is 20.0. The van der Waals surface area contributed by atoms with E-state index in [0.717, 1.165) is 25.2 Å². The van der Waals surface area contributed by atoms with Gasteiger partial charge in [0.2, 0.25) is 0 Å². The highest BCUT2D eigenvalue weighted by molar-refractivity contribution is 6.30. The molecule has 0 fully saturated rings. The summed E-state index contributed by atoms with van der Waals surface area (Å²) >= 11 is 5.67. The second-order valence-electron chi connectivity index (χ2n) is 5.68. The fourth-order valence-electron chi connectivity index (χ4n) is 2.23. The quantitative estimate of drug-likeness (QED) is 0.777. The van der Waals surface area contributed by atoms with Crippen LogP contribution in [0.4, 0.5) is 24.7 Å². The van der Waals surface area contributed by atoms with E-state index in [-0.39, 0.29) is 28.1 Å². The first-order valence-corrected chi connectivity index (χ1v) is 8.31. The summed E-state index contributed by atoms with van der Waals surface area (Å²) in [6, 6.07) is 4.70. The number of anilines is 2. The first-order valence-electron chi connectivity index (χ1n) is 7.93. The zero-order valence-corrected chi connectivity index (χ0v) is 15.0. The minimum absolute atomic E-state index is 0.0287. The lowest BCUT2D eigenvalue weighted by atomic mass is 10.1. The lowest BCUT2D eigenvalue weighted by Crippen LogP contribution is -2.28. The van der Waals surface area contributed by atoms with Crippen molar-refractivity contribution in [3.05, 3.63) is 46.9 Å². The van der Waals surface area contributed by atoms with Crippen molar-refractivity contribution in [2.75, 3.05) is 18.9 Å². The lowest BCUT2D eigenvalue weighted by molar-refractivity contribution is -0.136. The fourth-order valence-corrected chi connectivity index (χ4v) is 2.41. The highest BCUT2D eigenvalue weighted by Gasteiger charge is 2.34. The Morgan fingerprint density at radius 2 is 2.00 bits per heavy atom. The van der Waals surface area contributed by atoms with Crippen LogP contribution in [0.25, 0.3) is 0 Å². The molecule has 2 rings (SSSR count). The van der Waals surface area contributed by atoms with E-state index in [0.29, 0.717) is 6.54 Å². The van der Waals surface area contributed by atoms with Crippen molar-refractivity contribution < 1.29 is 18.0 Å². The number of halogens is 4. The standard InChI is InChI=1S/C17H18ClF3N4O/c1-3-4-7-25(2)16(26)14-9-15(23-10-22-14)24-13-6-5-11(18)8-12(13)17(19,20)21/h5-6,8-10H,3-4,7H2,1-2H3,(H,22,23,24). The molecule has 0 aliphatic heterocycles. The van der Waals surface area contributed by atoms with E-state index >= 15 is 0 Å². The van der Waals surface area contributed by atoms with E-state index < -0.39 is 11.7 Å². The molecule has 1 amide bonds. The van der Waals surface area contributed by atoms with Gasteiger partial charge in [-0.05, 0) is 24.6 Å². The maximum atomic E-state index is 13.2. The highest BCUT2D eigenvalue weighted by atomic mass is 35.5. The molecule has 0 saturated carbocycles. The Balaban J connectivity index is 2.26. The zero-order chi connectivity index (χ0) is 19.3. The maximum Gasteiger partial charge on any atom is 0.418 e. The Bertz CT molecular complexity index is 783. The Morgan fingerprint density at radius 3 is 2.65 bits per heavy atom. The molecule has 9 heteroatoms. The number of benzene rings is 1. The zero-order valence-electron chi connectivity index (χ0n) is 14.3. The van der Waals surface area contributed by atoms with Crippen molar-refractivity contribution >= 4 is 29.0 Å². The van der Waals surface area contributed by atoms with Gasteiger partial charge in [0.25, 0.3) is 5.91 Å². The van der Waals surface area contributed by atoms with Crippen LogP contribution in [0, 0.1) is 0 Å². The van der Waals surface area contributed by atoms with Crippen LogP contribution in [0.1, 0.15) is 35.8 Å². The summed E-state index contributed by atoms with van der Waals surface area (Å²) in [5.74, 6) is -0.240. The molecule has 0 saturated heterocycles. The Morgan fingerprint density at radius 1 is 1.27 bits per heavy atom. The van der Waals surface area contributed by atoms with Gasteiger partial charge in [-0.1, -0.05) is 24.9 Å². The molecule has 0 spiro atoms. The largest absolute Gasteiger partial charge is 0.418 e. The number of alkyl halides is 3. The minimum Gasteiger partial charge on any atom is -0.340 e. The van der Waals surface area contributed by atoms with Gasteiger partial charge in [-0.25, -0.2) is 9.97 Å². The maximum absolute atomic E-state index is 13.2. The molecule has 0 aliphatic rings. The SMILES string of the molecule is CCCCN(C)C(=O)c1cc(Nc2ccc(Cl)cc2C(F)(F)F)ncn1. The second-order valence-corrected chi connectivity index (χ2v) is 6.12. The molecule has 5 nitrogen and oxygen atoms in total. The van der Waals surface area contributed by atoms with Gasteiger partial charge in [0.15, 0.2) is 0 Å². The van der Waals surface area contributed by atoms with Gasteiger partial charge < -0.3 is 10.2 Å². The molecule has 0 unspecified atom stereocenters. The Labute approximate surface area is 154 Å². The number of nitrogens with one attached hydrogen (secondary N) is 1. The van der Waals surface area contributed by atoms with Crippen LogP contribution in [0.15, 0.2) is 30.6 Å². The molecule has 140 valence electrons. The van der Waals surface area contributed by atoms with Crippen LogP contribution in [-0.2, 0) is 6.18 Å². The van der Waals surface area contributed by atoms with Crippen LogP contribution in [0.2, 0.25) is 5.02 Å². The molecule has 0 radical (unpaired) electrons. The highest BCUT2D eigenvalue weighted by Crippen LogP contribution is 2.37. The molecule has 1 aromatic carbocycles. The van der Waals surface area contributed by atoms with Crippen molar-refractivity contribution in [3.8, 4) is 0 Å². The average molecular weight is 387 g/mol. The first-order chi connectivity index (χ1) is 12.2. The van der Waals surface area contributed by atoms with Gasteiger partial charge in [-0.3, -0.25) is 4.79 Å². The van der Waals surface area contributed by atoms with E-state index in [2.05, 4.69) is 15.3 Å². The van der Waals surface area contributed by atoms with Crippen LogP contribution < -0.4 is 5.32 Å². The third-order valence-corrected chi connectivity index (χ3v) is 3.86. The predicted molar refractivity (Wildman–Crippen MR) is 93.6 cm³/mol. The summed E-state index contributed by atoms with van der Waals surface area (Å²) in [5.41, 5.74) is -1.03. The van der Waals surface area contributed by atoms with Gasteiger partial charge in [0.1, 0.15) is 17.8 Å². The summed E-state index contributed by atoms with van der Waals surface area (Å²) in [6.07, 6.45) is -1.67. The fraction of sp³-hybridized carbons (Fsp3) is 0.353. The third-order valence-electron chi connectivity index (χ3n) is 3.63. The molecule has 0 atom stereocenters. The smallest absolute Gasteiger partial charge is 0.340 e. The molecule has 1 aromatic heterocycles. The summed E-state index contributed by atoms with van der Waals surface area (Å²) in [7, 11) is 1.65. The van der Waals surface area contributed by atoms with Crippen LogP contribution in [0.5, 0.6) is 0 Å². The topological polar surface area (TPSA) is 58.1 Å². The van der Waals surface area contributed by atoms with E-state index in [4.69, 9.17) is 11.6 Å². The minimum atomic E-state index is -4.58. The van der Waals surface area contributed by atoms with E-state index in [1.54, 1.807) is 7.05 Å². The van der Waals surface area contributed by atoms with Crippen LogP contribution in [0.3, 0.4) is 0 Å². The molecular formula is C17H18ClF3N4O. The Kier molecular flexibility index (Phi) is 6.42. The van der Waals surface area contributed by atoms with E-state index in [1.807, 2.05) is 6.92 Å². The lowest BCUT2D eigenvalue weighted by Gasteiger charge is -2.17. The van der Waals surface area contributed by atoms with E-state index in [9.17, 15) is 18.0 Å². The van der Waals surface area contributed by atoms with Crippen molar-refractivity contribution in [3.63, 3.8) is 0 Å². The number of nitrogens with zero attached hydrogens (tertiary/aromatic N) is 3. The van der Waals surface area contributed by atoms with Gasteiger partial charge in [0.05, 0.1) is 11.3 Å². The number of unbranched alkanes of at least 4 members (excludes halogenated alkanes) is 1. The number of carbonyl (C=O) groups is 1. The molecule has 1 N–H and O–H groups in total. The van der Waals surface area contributed by atoms with Crippen molar-refractivity contribution in [1.29, 1.82) is 0 Å². The summed E-state index contributed by atoms with van der Waals surface area (Å²) < 4.78 is 39.5. The molecule has 26 heavy (non-hydrogen) atoms. The number of hydrogen-bond donors (Lipinski definition) is 1. The molecule has 2 aromatic rings. The third kappa shape index (κ3) is 5.08. The number of hydrogen-bond acceptors (Lipinski definition) is 4. The predicted octanol–water partition coefficient (Wildman–Crippen LogP) is 4.76. The van der Waals surface area contributed by atoms with Crippen molar-refractivity contribution in [2.45, 2.75) is 25.9 Å². The van der Waals surface area contributed by atoms with E-state index in [1.165, 1.54) is 23.1 Å². The monoisotopic (exact) mass is 386 g/mol.